The van der Waals surface area contributed by atoms with Crippen molar-refractivity contribution in [2.75, 3.05) is 0 Å². The van der Waals surface area contributed by atoms with Crippen LogP contribution in [0.1, 0.15) is 38.2 Å². The first-order valence-corrected chi connectivity index (χ1v) is 5.50. The van der Waals surface area contributed by atoms with Gasteiger partial charge in [-0.25, -0.2) is 0 Å². The third-order valence-corrected chi connectivity index (χ3v) is 3.37. The summed E-state index contributed by atoms with van der Waals surface area (Å²) >= 11 is 0. The van der Waals surface area contributed by atoms with E-state index in [9.17, 15) is 5.11 Å². The van der Waals surface area contributed by atoms with Gasteiger partial charge in [0.2, 0.25) is 0 Å². The Labute approximate surface area is 85.8 Å². The Balaban J connectivity index is 2.20. The molecule has 1 aliphatic carbocycles. The molecule has 0 aliphatic heterocycles. The Morgan fingerprint density at radius 3 is 2.43 bits per heavy atom. The van der Waals surface area contributed by atoms with Crippen LogP contribution in [0, 0.1) is 0 Å². The number of aliphatic hydroxyl groups excluding tert-OH is 1. The Morgan fingerprint density at radius 2 is 1.93 bits per heavy atom. The molecule has 1 saturated carbocycles. The number of rotatable bonds is 3. The van der Waals surface area contributed by atoms with E-state index in [1.807, 2.05) is 0 Å². The smallest absolute Gasteiger partial charge is 0.0557 e. The van der Waals surface area contributed by atoms with Gasteiger partial charge in [0.25, 0.3) is 0 Å². The van der Waals surface area contributed by atoms with E-state index in [4.69, 9.17) is 0 Å². The largest absolute Gasteiger partial charge is 0.393 e. The average Bonchev–Trinajstić information content (AvgIpc) is 2.17. The van der Waals surface area contributed by atoms with Gasteiger partial charge in [-0.2, -0.15) is 0 Å². The van der Waals surface area contributed by atoms with Crippen LogP contribution in [0.25, 0.3) is 0 Å². The summed E-state index contributed by atoms with van der Waals surface area (Å²) in [4.78, 5) is 0. The first kappa shape index (κ1) is 9.72. The van der Waals surface area contributed by atoms with Crippen LogP contribution in [0.2, 0.25) is 0 Å². The van der Waals surface area contributed by atoms with Crippen molar-refractivity contribution in [1.82, 2.24) is 0 Å². The van der Waals surface area contributed by atoms with E-state index in [2.05, 4.69) is 37.3 Å². The lowest BCUT2D eigenvalue weighted by molar-refractivity contribution is 0.0128. The molecule has 0 unspecified atom stereocenters. The normalized spacial score (nSPS) is 31.1. The van der Waals surface area contributed by atoms with Gasteiger partial charge in [0.05, 0.1) is 6.10 Å². The monoisotopic (exact) mass is 190 g/mol. The van der Waals surface area contributed by atoms with Crippen molar-refractivity contribution in [2.24, 2.45) is 0 Å². The molecule has 76 valence electrons. The van der Waals surface area contributed by atoms with Crippen LogP contribution in [0.4, 0.5) is 0 Å². The van der Waals surface area contributed by atoms with Gasteiger partial charge in [0.1, 0.15) is 0 Å². The Hall–Kier alpha value is -0.820. The topological polar surface area (TPSA) is 20.2 Å². The van der Waals surface area contributed by atoms with Crippen molar-refractivity contribution in [3.63, 3.8) is 0 Å². The summed E-state index contributed by atoms with van der Waals surface area (Å²) in [7, 11) is 0. The summed E-state index contributed by atoms with van der Waals surface area (Å²) in [5.41, 5.74) is 1.70. The van der Waals surface area contributed by atoms with E-state index in [1.165, 1.54) is 18.4 Å². The zero-order valence-electron chi connectivity index (χ0n) is 8.74. The molecular formula is C13H18O. The fourth-order valence-electron chi connectivity index (χ4n) is 2.70. The van der Waals surface area contributed by atoms with Crippen molar-refractivity contribution >= 4 is 0 Å². The highest BCUT2D eigenvalue weighted by atomic mass is 16.3. The number of benzene rings is 1. The van der Waals surface area contributed by atoms with Crippen LogP contribution in [0.5, 0.6) is 0 Å². The van der Waals surface area contributed by atoms with Gasteiger partial charge in [-0.05, 0) is 24.8 Å². The summed E-state index contributed by atoms with van der Waals surface area (Å²) in [5, 5.41) is 9.47. The summed E-state index contributed by atoms with van der Waals surface area (Å²) in [6, 6.07) is 10.6. The molecule has 0 amide bonds. The van der Waals surface area contributed by atoms with Crippen LogP contribution in [0.3, 0.4) is 0 Å². The predicted octanol–water partition coefficient (Wildman–Crippen LogP) is 2.88. The highest BCUT2D eigenvalue weighted by Crippen LogP contribution is 2.47. The van der Waals surface area contributed by atoms with Gasteiger partial charge in [-0.15, -0.1) is 0 Å². The Bertz CT molecular complexity index is 280. The molecule has 0 saturated heterocycles. The quantitative estimate of drug-likeness (QED) is 0.777. The molecule has 0 radical (unpaired) electrons. The lowest BCUT2D eigenvalue weighted by atomic mass is 9.60. The van der Waals surface area contributed by atoms with Gasteiger partial charge in [0, 0.05) is 5.41 Å². The van der Waals surface area contributed by atoms with E-state index in [1.54, 1.807) is 0 Å². The minimum absolute atomic E-state index is 0.0678. The van der Waals surface area contributed by atoms with Crippen molar-refractivity contribution in [2.45, 2.75) is 44.1 Å². The van der Waals surface area contributed by atoms with Gasteiger partial charge in [-0.1, -0.05) is 43.7 Å². The molecule has 1 aromatic carbocycles. The highest BCUT2D eigenvalue weighted by Gasteiger charge is 2.43. The fourth-order valence-corrected chi connectivity index (χ4v) is 2.70. The molecule has 1 aromatic rings. The second-order valence-corrected chi connectivity index (χ2v) is 4.46. The van der Waals surface area contributed by atoms with Crippen LogP contribution >= 0.6 is 0 Å². The van der Waals surface area contributed by atoms with Gasteiger partial charge in [-0.3, -0.25) is 0 Å². The molecule has 14 heavy (non-hydrogen) atoms. The van der Waals surface area contributed by atoms with E-state index in [0.29, 0.717) is 0 Å². The zero-order valence-corrected chi connectivity index (χ0v) is 8.74. The molecule has 2 rings (SSSR count). The highest BCUT2D eigenvalue weighted by molar-refractivity contribution is 5.29. The fraction of sp³-hybridized carbons (Fsp3) is 0.538. The van der Waals surface area contributed by atoms with E-state index >= 15 is 0 Å². The Kier molecular flexibility index (Phi) is 2.60. The van der Waals surface area contributed by atoms with E-state index in [-0.39, 0.29) is 11.5 Å². The van der Waals surface area contributed by atoms with Gasteiger partial charge in [0.15, 0.2) is 0 Å². The summed E-state index contributed by atoms with van der Waals surface area (Å²) in [5.74, 6) is 0. The average molecular weight is 190 g/mol. The van der Waals surface area contributed by atoms with Crippen LogP contribution < -0.4 is 0 Å². The van der Waals surface area contributed by atoms with Crippen molar-refractivity contribution < 1.29 is 5.11 Å². The summed E-state index contributed by atoms with van der Waals surface area (Å²) in [6.07, 6.45) is 4.23. The minimum Gasteiger partial charge on any atom is -0.393 e. The first-order valence-electron chi connectivity index (χ1n) is 5.50. The molecule has 1 N–H and O–H groups in total. The maximum atomic E-state index is 9.47. The lowest BCUT2D eigenvalue weighted by Crippen LogP contribution is -2.44. The Morgan fingerprint density at radius 1 is 1.29 bits per heavy atom. The second kappa shape index (κ2) is 3.74. The number of aliphatic hydroxyl groups is 1. The molecule has 0 spiro atoms. The second-order valence-electron chi connectivity index (χ2n) is 4.46. The third kappa shape index (κ3) is 1.57. The SMILES string of the molecule is CCCC1(c2ccccc2)CC(O)C1. The number of hydrogen-bond donors (Lipinski definition) is 1. The molecular weight excluding hydrogens is 172 g/mol. The van der Waals surface area contributed by atoms with Crippen LogP contribution in [-0.4, -0.2) is 11.2 Å². The van der Waals surface area contributed by atoms with Gasteiger partial charge >= 0.3 is 0 Å². The molecule has 1 heteroatoms. The van der Waals surface area contributed by atoms with E-state index in [0.717, 1.165) is 12.8 Å². The maximum Gasteiger partial charge on any atom is 0.0557 e. The molecule has 0 heterocycles. The summed E-state index contributed by atoms with van der Waals surface area (Å²) in [6.45, 7) is 2.22. The van der Waals surface area contributed by atoms with Crippen LogP contribution in [0.15, 0.2) is 30.3 Å². The summed E-state index contributed by atoms with van der Waals surface area (Å²) < 4.78 is 0. The van der Waals surface area contributed by atoms with Crippen molar-refractivity contribution in [1.29, 1.82) is 0 Å². The number of hydrogen-bond acceptors (Lipinski definition) is 1. The first-order chi connectivity index (χ1) is 6.77. The van der Waals surface area contributed by atoms with Crippen molar-refractivity contribution in [3.05, 3.63) is 35.9 Å². The van der Waals surface area contributed by atoms with Crippen molar-refractivity contribution in [3.8, 4) is 0 Å². The molecule has 1 fully saturated rings. The van der Waals surface area contributed by atoms with Gasteiger partial charge < -0.3 is 5.11 Å². The molecule has 1 nitrogen and oxygen atoms in total. The maximum absolute atomic E-state index is 9.47. The predicted molar refractivity (Wildman–Crippen MR) is 58.3 cm³/mol. The minimum atomic E-state index is -0.0678. The molecule has 1 aliphatic rings. The third-order valence-electron chi connectivity index (χ3n) is 3.37. The lowest BCUT2D eigenvalue weighted by Gasteiger charge is -2.46. The van der Waals surface area contributed by atoms with E-state index < -0.39 is 0 Å². The standard InChI is InChI=1S/C13H18O/c1-2-8-13(9-12(14)10-13)11-6-4-3-5-7-11/h3-7,12,14H,2,8-10H2,1H3. The molecule has 0 bridgehead atoms. The zero-order chi connectivity index (χ0) is 10.0. The molecule has 0 atom stereocenters. The molecule has 0 aromatic heterocycles. The van der Waals surface area contributed by atoms with Crippen LogP contribution in [-0.2, 0) is 5.41 Å².